The molecule has 0 radical (unpaired) electrons. The summed E-state index contributed by atoms with van der Waals surface area (Å²) in [4.78, 5) is 46.4. The number of carbonyl (C=O) groups excluding carboxylic acids is 1. The van der Waals surface area contributed by atoms with Crippen molar-refractivity contribution in [2.75, 3.05) is 5.73 Å². The van der Waals surface area contributed by atoms with Gasteiger partial charge in [-0.05, 0) is 61.4 Å². The number of nitrogens with zero attached hydrogens (tertiary/aromatic N) is 3. The molecule has 0 spiro atoms. The molecule has 34 heavy (non-hydrogen) atoms. The number of amides is 1. The van der Waals surface area contributed by atoms with E-state index >= 15 is 0 Å². The minimum Gasteiger partial charge on any atom is -0.493 e. The fourth-order valence-electron chi connectivity index (χ4n) is 3.60. The van der Waals surface area contributed by atoms with Gasteiger partial charge in [0.25, 0.3) is 5.91 Å². The van der Waals surface area contributed by atoms with Gasteiger partial charge in [0.05, 0.1) is 5.39 Å². The normalized spacial score (nSPS) is 11.8. The maximum absolute atomic E-state index is 12.3. The number of aliphatic carboxylic acids is 2. The highest BCUT2D eigenvalue weighted by Crippen LogP contribution is 2.27. The van der Waals surface area contributed by atoms with Crippen molar-refractivity contribution in [2.45, 2.75) is 45.1 Å². The van der Waals surface area contributed by atoms with Gasteiger partial charge in [-0.25, -0.2) is 9.78 Å². The zero-order valence-electron chi connectivity index (χ0n) is 18.5. The third kappa shape index (κ3) is 5.94. The molecule has 0 fully saturated rings. The molecule has 0 aliphatic carbocycles. The second-order valence-electron chi connectivity index (χ2n) is 7.86. The first-order chi connectivity index (χ1) is 16.2. The van der Waals surface area contributed by atoms with Gasteiger partial charge < -0.3 is 26.4 Å². The number of carboxylic acid groups (broad SMARTS) is 2. The molecule has 1 amide bonds. The minimum absolute atomic E-state index is 0.0412. The molecule has 0 saturated carbocycles. The van der Waals surface area contributed by atoms with Gasteiger partial charge in [-0.15, -0.1) is 0 Å². The summed E-state index contributed by atoms with van der Waals surface area (Å²) in [6.07, 6.45) is 3.36. The summed E-state index contributed by atoms with van der Waals surface area (Å²) < 4.78 is 0. The lowest BCUT2D eigenvalue weighted by Gasteiger charge is -2.14. The molecule has 6 N–H and O–H groups in total. The van der Waals surface area contributed by atoms with Gasteiger partial charge in [0.1, 0.15) is 6.04 Å². The highest BCUT2D eigenvalue weighted by molar-refractivity contribution is 5.96. The van der Waals surface area contributed by atoms with Crippen molar-refractivity contribution in [3.63, 3.8) is 0 Å². The smallest absolute Gasteiger partial charge is 0.326 e. The largest absolute Gasteiger partial charge is 0.493 e. The van der Waals surface area contributed by atoms with Crippen LogP contribution in [0.4, 0.5) is 5.95 Å². The number of carbonyl (C=O) groups is 3. The third-order valence-electron chi connectivity index (χ3n) is 5.47. The Labute approximate surface area is 194 Å². The van der Waals surface area contributed by atoms with Crippen molar-refractivity contribution >= 4 is 34.8 Å². The third-order valence-corrected chi connectivity index (χ3v) is 5.47. The number of hydrogen-bond donors (Lipinski definition) is 5. The lowest BCUT2D eigenvalue weighted by Crippen LogP contribution is -2.41. The van der Waals surface area contributed by atoms with E-state index in [0.29, 0.717) is 17.5 Å². The maximum Gasteiger partial charge on any atom is 0.326 e. The summed E-state index contributed by atoms with van der Waals surface area (Å²) in [7, 11) is 0. The fraction of sp³-hybridized carbons (Fsp3) is 0.304. The zero-order chi connectivity index (χ0) is 24.8. The van der Waals surface area contributed by atoms with Crippen LogP contribution in [-0.2, 0) is 22.4 Å². The number of fused-ring (bicyclic) bond motifs is 1. The Morgan fingerprint density at radius 3 is 2.44 bits per heavy atom. The number of aryl methyl sites for hydroxylation is 3. The minimum atomic E-state index is -1.28. The summed E-state index contributed by atoms with van der Waals surface area (Å²) in [5.74, 6) is -3.23. The van der Waals surface area contributed by atoms with Crippen LogP contribution in [0.5, 0.6) is 5.88 Å². The molecule has 2 heterocycles. The number of rotatable bonds is 10. The maximum atomic E-state index is 12.3. The molecule has 2 aromatic heterocycles. The fourth-order valence-corrected chi connectivity index (χ4v) is 3.60. The topological polar surface area (TPSA) is 189 Å². The molecular weight excluding hydrogens is 442 g/mol. The quantitative estimate of drug-likeness (QED) is 0.294. The number of carboxylic acids is 2. The number of benzene rings is 1. The first-order valence-corrected chi connectivity index (χ1v) is 10.6. The first kappa shape index (κ1) is 24.4. The molecular formula is C23H25N5O6. The number of aromatic hydroxyl groups is 1. The van der Waals surface area contributed by atoms with Gasteiger partial charge >= 0.3 is 11.9 Å². The SMILES string of the molecule is Cc1c(CCCc2ccc(C(=O)N[C@@H](CCC(=O)O)C(=O)O)cc2)cnc2nc(N)nc(O)c12. The Balaban J connectivity index is 1.59. The lowest BCUT2D eigenvalue weighted by atomic mass is 10.00. The Kier molecular flexibility index (Phi) is 7.57. The van der Waals surface area contributed by atoms with Crippen LogP contribution >= 0.6 is 0 Å². The van der Waals surface area contributed by atoms with Crippen molar-refractivity contribution in [3.05, 3.63) is 52.7 Å². The monoisotopic (exact) mass is 467 g/mol. The number of hydrogen-bond acceptors (Lipinski definition) is 8. The zero-order valence-corrected chi connectivity index (χ0v) is 18.5. The van der Waals surface area contributed by atoms with E-state index in [2.05, 4.69) is 20.3 Å². The van der Waals surface area contributed by atoms with Gasteiger partial charge in [-0.2, -0.15) is 9.97 Å². The summed E-state index contributed by atoms with van der Waals surface area (Å²) in [6, 6.07) is 5.50. The van der Waals surface area contributed by atoms with Gasteiger partial charge in [0.15, 0.2) is 5.65 Å². The predicted octanol–water partition coefficient (Wildman–Crippen LogP) is 1.84. The molecule has 0 aliphatic heterocycles. The van der Waals surface area contributed by atoms with E-state index in [1.54, 1.807) is 30.5 Å². The highest BCUT2D eigenvalue weighted by Gasteiger charge is 2.21. The van der Waals surface area contributed by atoms with E-state index in [9.17, 15) is 24.6 Å². The molecule has 11 heteroatoms. The standard InChI is InChI=1S/C23H25N5O6/c1-12-15(11-25-19-18(12)21(32)28-23(24)27-19)4-2-3-13-5-7-14(8-6-13)20(31)26-16(22(33)34)9-10-17(29)30/h5-8,11,16H,2-4,9-10H2,1H3,(H,26,31)(H,29,30)(H,33,34)(H3,24,25,27,28,32)/t16-/m0/s1. The van der Waals surface area contributed by atoms with E-state index in [0.717, 1.165) is 29.5 Å². The number of nitrogen functional groups attached to an aromatic ring is 1. The molecule has 0 unspecified atom stereocenters. The molecule has 1 atom stereocenters. The van der Waals surface area contributed by atoms with Crippen LogP contribution in [0.2, 0.25) is 0 Å². The number of pyridine rings is 1. The number of aromatic nitrogens is 3. The molecule has 0 aliphatic rings. The summed E-state index contributed by atoms with van der Waals surface area (Å²) in [5, 5.41) is 30.8. The van der Waals surface area contributed by atoms with E-state index < -0.39 is 23.9 Å². The highest BCUT2D eigenvalue weighted by atomic mass is 16.4. The van der Waals surface area contributed by atoms with Crippen LogP contribution in [0, 0.1) is 6.92 Å². The Bertz CT molecular complexity index is 1230. The molecule has 3 rings (SSSR count). The van der Waals surface area contributed by atoms with Crippen molar-refractivity contribution in [2.24, 2.45) is 0 Å². The van der Waals surface area contributed by atoms with Crippen LogP contribution in [0.3, 0.4) is 0 Å². The van der Waals surface area contributed by atoms with Crippen molar-refractivity contribution in [1.82, 2.24) is 20.3 Å². The van der Waals surface area contributed by atoms with Gasteiger partial charge in [0.2, 0.25) is 11.8 Å². The van der Waals surface area contributed by atoms with E-state index in [1.165, 1.54) is 0 Å². The van der Waals surface area contributed by atoms with Gasteiger partial charge in [-0.3, -0.25) is 9.59 Å². The van der Waals surface area contributed by atoms with Crippen molar-refractivity contribution < 1.29 is 29.7 Å². The van der Waals surface area contributed by atoms with Crippen LogP contribution in [0.1, 0.15) is 46.3 Å². The Morgan fingerprint density at radius 2 is 1.79 bits per heavy atom. The lowest BCUT2D eigenvalue weighted by molar-refractivity contribution is -0.140. The van der Waals surface area contributed by atoms with Crippen LogP contribution in [0.15, 0.2) is 30.5 Å². The molecule has 1 aromatic carbocycles. The van der Waals surface area contributed by atoms with E-state index in [4.69, 9.17) is 10.8 Å². The molecule has 11 nitrogen and oxygen atoms in total. The average Bonchev–Trinajstić information content (AvgIpc) is 2.77. The summed E-state index contributed by atoms with van der Waals surface area (Å²) >= 11 is 0. The summed E-state index contributed by atoms with van der Waals surface area (Å²) in [6.45, 7) is 1.87. The van der Waals surface area contributed by atoms with Crippen LogP contribution in [0.25, 0.3) is 11.0 Å². The molecule has 3 aromatic rings. The molecule has 0 saturated heterocycles. The molecule has 0 bridgehead atoms. The summed E-state index contributed by atoms with van der Waals surface area (Å²) in [5.41, 5.74) is 8.96. The predicted molar refractivity (Wildman–Crippen MR) is 122 cm³/mol. The Hall–Kier alpha value is -4.28. The van der Waals surface area contributed by atoms with Crippen LogP contribution < -0.4 is 11.1 Å². The first-order valence-electron chi connectivity index (χ1n) is 10.6. The number of nitrogens with one attached hydrogen (secondary N) is 1. The van der Waals surface area contributed by atoms with E-state index in [1.807, 2.05) is 6.92 Å². The second kappa shape index (κ2) is 10.6. The molecule has 178 valence electrons. The average molecular weight is 467 g/mol. The Morgan fingerprint density at radius 1 is 1.09 bits per heavy atom. The van der Waals surface area contributed by atoms with Gasteiger partial charge in [0, 0.05) is 18.2 Å². The van der Waals surface area contributed by atoms with E-state index in [-0.39, 0.29) is 30.2 Å². The second-order valence-corrected chi connectivity index (χ2v) is 7.86. The van der Waals surface area contributed by atoms with Crippen molar-refractivity contribution in [3.8, 4) is 5.88 Å². The van der Waals surface area contributed by atoms with Crippen molar-refractivity contribution in [1.29, 1.82) is 0 Å². The van der Waals surface area contributed by atoms with Gasteiger partial charge in [-0.1, -0.05) is 12.1 Å². The van der Waals surface area contributed by atoms with Crippen LogP contribution in [-0.4, -0.2) is 54.2 Å². The number of anilines is 1. The number of nitrogens with two attached hydrogens (primary N) is 1.